The standard InChI is InChI=1S/C7H5ClF3N/c1-4-2-5(7(9,10)11)12-6(8)3-4/h2-3H,1H3. The number of nitrogens with zero attached hydrogens (tertiary/aromatic N) is 1. The van der Waals surface area contributed by atoms with Gasteiger partial charge in [0.2, 0.25) is 0 Å². The first-order chi connectivity index (χ1) is 5.39. The SMILES string of the molecule is Cc1cc(Cl)nc(C(F)(F)F)c1. The molecular weight excluding hydrogens is 191 g/mol. The Kier molecular flexibility index (Phi) is 2.28. The highest BCUT2D eigenvalue weighted by atomic mass is 35.5. The van der Waals surface area contributed by atoms with Gasteiger partial charge < -0.3 is 0 Å². The molecule has 0 aromatic carbocycles. The van der Waals surface area contributed by atoms with E-state index in [2.05, 4.69) is 4.98 Å². The van der Waals surface area contributed by atoms with Gasteiger partial charge in [-0.3, -0.25) is 0 Å². The lowest BCUT2D eigenvalue weighted by molar-refractivity contribution is -0.141. The predicted molar refractivity (Wildman–Crippen MR) is 39.0 cm³/mol. The number of hydrogen-bond acceptors (Lipinski definition) is 1. The monoisotopic (exact) mass is 195 g/mol. The van der Waals surface area contributed by atoms with E-state index in [4.69, 9.17) is 11.6 Å². The molecule has 1 nitrogen and oxygen atoms in total. The van der Waals surface area contributed by atoms with Gasteiger partial charge in [-0.2, -0.15) is 13.2 Å². The van der Waals surface area contributed by atoms with Gasteiger partial charge in [0.05, 0.1) is 0 Å². The summed E-state index contributed by atoms with van der Waals surface area (Å²) in [6.07, 6.45) is -4.42. The molecule has 0 aliphatic carbocycles. The molecule has 0 unspecified atom stereocenters. The van der Waals surface area contributed by atoms with Crippen LogP contribution in [0.3, 0.4) is 0 Å². The highest BCUT2D eigenvalue weighted by molar-refractivity contribution is 6.29. The summed E-state index contributed by atoms with van der Waals surface area (Å²) in [5.74, 6) is 0. The second-order valence-electron chi connectivity index (χ2n) is 2.35. The highest BCUT2D eigenvalue weighted by Gasteiger charge is 2.32. The molecule has 0 fully saturated rings. The van der Waals surface area contributed by atoms with Gasteiger partial charge >= 0.3 is 6.18 Å². The van der Waals surface area contributed by atoms with Crippen LogP contribution in [0.15, 0.2) is 12.1 Å². The van der Waals surface area contributed by atoms with Gasteiger partial charge in [-0.15, -0.1) is 0 Å². The normalized spacial score (nSPS) is 11.8. The molecule has 0 amide bonds. The second-order valence-corrected chi connectivity index (χ2v) is 2.74. The van der Waals surface area contributed by atoms with Crippen molar-refractivity contribution < 1.29 is 13.2 Å². The molecule has 12 heavy (non-hydrogen) atoms. The summed E-state index contributed by atoms with van der Waals surface area (Å²) in [5, 5.41) is -0.137. The van der Waals surface area contributed by atoms with Crippen molar-refractivity contribution in [2.45, 2.75) is 13.1 Å². The smallest absolute Gasteiger partial charge is 0.232 e. The molecule has 1 heterocycles. The number of aryl methyl sites for hydroxylation is 1. The van der Waals surface area contributed by atoms with Crippen LogP contribution in [0.2, 0.25) is 5.15 Å². The van der Waals surface area contributed by atoms with Gasteiger partial charge in [-0.05, 0) is 24.6 Å². The first-order valence-electron chi connectivity index (χ1n) is 3.11. The summed E-state index contributed by atoms with van der Waals surface area (Å²) in [4.78, 5) is 3.15. The Morgan fingerprint density at radius 3 is 2.33 bits per heavy atom. The average molecular weight is 196 g/mol. The van der Waals surface area contributed by atoms with Crippen LogP contribution in [0, 0.1) is 6.92 Å². The van der Waals surface area contributed by atoms with Crippen LogP contribution in [0.25, 0.3) is 0 Å². The van der Waals surface area contributed by atoms with Gasteiger partial charge in [0.15, 0.2) is 0 Å². The van der Waals surface area contributed by atoms with Crippen molar-refractivity contribution in [3.8, 4) is 0 Å². The molecule has 66 valence electrons. The van der Waals surface area contributed by atoms with E-state index in [0.29, 0.717) is 5.56 Å². The molecule has 5 heteroatoms. The van der Waals surface area contributed by atoms with Crippen molar-refractivity contribution in [2.75, 3.05) is 0 Å². The summed E-state index contributed by atoms with van der Waals surface area (Å²) < 4.78 is 36.1. The summed E-state index contributed by atoms with van der Waals surface area (Å²) in [6, 6.07) is 2.32. The molecule has 0 bridgehead atoms. The molecule has 0 aliphatic rings. The Morgan fingerprint density at radius 1 is 1.33 bits per heavy atom. The summed E-state index contributed by atoms with van der Waals surface area (Å²) in [5.41, 5.74) is -0.505. The maximum atomic E-state index is 12.0. The van der Waals surface area contributed by atoms with Crippen molar-refractivity contribution in [3.05, 3.63) is 28.5 Å². The second kappa shape index (κ2) is 2.94. The molecular formula is C7H5ClF3N. The maximum absolute atomic E-state index is 12.0. The summed E-state index contributed by atoms with van der Waals surface area (Å²) in [7, 11) is 0. The Morgan fingerprint density at radius 2 is 1.92 bits per heavy atom. The molecule has 0 aliphatic heterocycles. The lowest BCUT2D eigenvalue weighted by Crippen LogP contribution is -2.08. The molecule has 1 rings (SSSR count). The first kappa shape index (κ1) is 9.32. The van der Waals surface area contributed by atoms with E-state index in [0.717, 1.165) is 6.07 Å². The Balaban J connectivity index is 3.18. The third kappa shape index (κ3) is 2.11. The zero-order chi connectivity index (χ0) is 9.35. The van der Waals surface area contributed by atoms with E-state index in [1.807, 2.05) is 0 Å². The van der Waals surface area contributed by atoms with Crippen molar-refractivity contribution in [1.29, 1.82) is 0 Å². The predicted octanol–water partition coefficient (Wildman–Crippen LogP) is 3.06. The van der Waals surface area contributed by atoms with Gasteiger partial charge in [-0.1, -0.05) is 11.6 Å². The molecule has 0 N–H and O–H groups in total. The summed E-state index contributed by atoms with van der Waals surface area (Å²) >= 11 is 5.35. The molecule has 1 aromatic heterocycles. The van der Waals surface area contributed by atoms with Crippen molar-refractivity contribution in [3.63, 3.8) is 0 Å². The zero-order valence-corrected chi connectivity index (χ0v) is 6.87. The number of aromatic nitrogens is 1. The molecule has 0 radical (unpaired) electrons. The largest absolute Gasteiger partial charge is 0.433 e. The van der Waals surface area contributed by atoms with E-state index in [9.17, 15) is 13.2 Å². The molecule has 0 atom stereocenters. The summed E-state index contributed by atoms with van der Waals surface area (Å²) in [6.45, 7) is 1.53. The Labute approximate surface area is 72.2 Å². The number of rotatable bonds is 0. The van der Waals surface area contributed by atoms with E-state index < -0.39 is 11.9 Å². The molecule has 0 spiro atoms. The van der Waals surface area contributed by atoms with E-state index in [1.54, 1.807) is 0 Å². The lowest BCUT2D eigenvalue weighted by atomic mass is 10.2. The van der Waals surface area contributed by atoms with E-state index >= 15 is 0 Å². The number of pyridine rings is 1. The average Bonchev–Trinajstić information content (AvgIpc) is 1.82. The van der Waals surface area contributed by atoms with Gasteiger partial charge in [0.25, 0.3) is 0 Å². The quantitative estimate of drug-likeness (QED) is 0.580. The minimum atomic E-state index is -4.42. The van der Waals surface area contributed by atoms with E-state index in [-0.39, 0.29) is 5.15 Å². The number of halogens is 4. The van der Waals surface area contributed by atoms with Crippen LogP contribution in [-0.2, 0) is 6.18 Å². The van der Waals surface area contributed by atoms with Crippen LogP contribution >= 0.6 is 11.6 Å². The Bertz CT molecular complexity index is 275. The highest BCUT2D eigenvalue weighted by Crippen LogP contribution is 2.29. The number of hydrogen-bond donors (Lipinski definition) is 0. The molecule has 1 aromatic rings. The van der Waals surface area contributed by atoms with Crippen LogP contribution in [0.5, 0.6) is 0 Å². The maximum Gasteiger partial charge on any atom is 0.433 e. The van der Waals surface area contributed by atoms with Gasteiger partial charge in [0.1, 0.15) is 10.8 Å². The third-order valence-corrected chi connectivity index (χ3v) is 1.42. The molecule has 0 saturated carbocycles. The van der Waals surface area contributed by atoms with Crippen molar-refractivity contribution >= 4 is 11.6 Å². The third-order valence-electron chi connectivity index (χ3n) is 1.23. The minimum absolute atomic E-state index is 0.137. The van der Waals surface area contributed by atoms with Crippen LogP contribution in [0.4, 0.5) is 13.2 Å². The van der Waals surface area contributed by atoms with Crippen LogP contribution in [-0.4, -0.2) is 4.98 Å². The van der Waals surface area contributed by atoms with Crippen LogP contribution < -0.4 is 0 Å². The fraction of sp³-hybridized carbons (Fsp3) is 0.286. The topological polar surface area (TPSA) is 12.9 Å². The lowest BCUT2D eigenvalue weighted by Gasteiger charge is -2.06. The van der Waals surface area contributed by atoms with Gasteiger partial charge in [-0.25, -0.2) is 4.98 Å². The fourth-order valence-corrected chi connectivity index (χ4v) is 1.03. The van der Waals surface area contributed by atoms with E-state index in [1.165, 1.54) is 13.0 Å². The zero-order valence-electron chi connectivity index (χ0n) is 6.11. The van der Waals surface area contributed by atoms with Crippen molar-refractivity contribution in [2.24, 2.45) is 0 Å². The Hall–Kier alpha value is -0.770. The molecule has 0 saturated heterocycles. The van der Waals surface area contributed by atoms with Crippen molar-refractivity contribution in [1.82, 2.24) is 4.98 Å². The number of alkyl halides is 3. The van der Waals surface area contributed by atoms with Gasteiger partial charge in [0, 0.05) is 0 Å². The fourth-order valence-electron chi connectivity index (χ4n) is 0.770. The van der Waals surface area contributed by atoms with Crippen LogP contribution in [0.1, 0.15) is 11.3 Å². The minimum Gasteiger partial charge on any atom is -0.232 e. The first-order valence-corrected chi connectivity index (χ1v) is 3.49.